The summed E-state index contributed by atoms with van der Waals surface area (Å²) in [4.78, 5) is 17.1. The van der Waals surface area contributed by atoms with Crippen LogP contribution in [0.1, 0.15) is 29.9 Å². The Kier molecular flexibility index (Phi) is 4.78. The Morgan fingerprint density at radius 1 is 1.27 bits per heavy atom. The molecule has 0 radical (unpaired) electrons. The van der Waals surface area contributed by atoms with Crippen LogP contribution in [0.3, 0.4) is 0 Å². The molecule has 6 heteroatoms. The maximum absolute atomic E-state index is 12.6. The van der Waals surface area contributed by atoms with E-state index in [0.29, 0.717) is 12.5 Å². The summed E-state index contributed by atoms with van der Waals surface area (Å²) in [7, 11) is 0. The Hall–Kier alpha value is -1.40. The van der Waals surface area contributed by atoms with Gasteiger partial charge in [0.2, 0.25) is 5.91 Å². The van der Waals surface area contributed by atoms with Crippen molar-refractivity contribution in [2.75, 3.05) is 39.4 Å². The molecule has 1 aromatic rings. The van der Waals surface area contributed by atoms with Gasteiger partial charge in [-0.1, -0.05) is 5.16 Å². The molecular formula is C16H25N3O3. The molecule has 0 aromatic carbocycles. The average molecular weight is 307 g/mol. The highest BCUT2D eigenvalue weighted by Gasteiger charge is 2.29. The monoisotopic (exact) mass is 307 g/mol. The van der Waals surface area contributed by atoms with Crippen molar-refractivity contribution in [3.8, 4) is 0 Å². The lowest BCUT2D eigenvalue weighted by atomic mass is 10.0. The molecule has 0 N–H and O–H groups in total. The fourth-order valence-corrected chi connectivity index (χ4v) is 3.44. The van der Waals surface area contributed by atoms with Crippen molar-refractivity contribution in [3.63, 3.8) is 0 Å². The van der Waals surface area contributed by atoms with Gasteiger partial charge in [0.05, 0.1) is 25.3 Å². The zero-order chi connectivity index (χ0) is 15.5. The summed E-state index contributed by atoms with van der Waals surface area (Å²) < 4.78 is 10.6. The number of carbonyl (C=O) groups is 1. The molecule has 6 nitrogen and oxygen atoms in total. The Morgan fingerprint density at radius 3 is 2.73 bits per heavy atom. The van der Waals surface area contributed by atoms with E-state index in [4.69, 9.17) is 9.26 Å². The molecule has 1 atom stereocenters. The molecule has 1 amide bonds. The van der Waals surface area contributed by atoms with Crippen molar-refractivity contribution in [3.05, 3.63) is 17.0 Å². The van der Waals surface area contributed by atoms with Crippen LogP contribution in [0.15, 0.2) is 4.52 Å². The number of carbonyl (C=O) groups excluding carboxylic acids is 1. The molecule has 0 saturated carbocycles. The summed E-state index contributed by atoms with van der Waals surface area (Å²) in [5.41, 5.74) is 1.77. The van der Waals surface area contributed by atoms with Gasteiger partial charge >= 0.3 is 0 Å². The Balaban J connectivity index is 1.60. The Labute approximate surface area is 131 Å². The van der Waals surface area contributed by atoms with Crippen molar-refractivity contribution in [2.24, 2.45) is 0 Å². The van der Waals surface area contributed by atoms with E-state index in [1.54, 1.807) is 0 Å². The van der Waals surface area contributed by atoms with Crippen molar-refractivity contribution in [1.29, 1.82) is 0 Å². The van der Waals surface area contributed by atoms with Gasteiger partial charge in [0.15, 0.2) is 0 Å². The second kappa shape index (κ2) is 6.79. The topological polar surface area (TPSA) is 58.8 Å². The summed E-state index contributed by atoms with van der Waals surface area (Å²) in [6.07, 6.45) is 2.65. The van der Waals surface area contributed by atoms with E-state index in [-0.39, 0.29) is 5.91 Å². The molecule has 2 fully saturated rings. The third-order valence-electron chi connectivity index (χ3n) is 4.82. The minimum atomic E-state index is 0.187. The van der Waals surface area contributed by atoms with Crippen LogP contribution in [-0.2, 0) is 16.0 Å². The molecule has 3 rings (SSSR count). The third-order valence-corrected chi connectivity index (χ3v) is 4.82. The third kappa shape index (κ3) is 3.33. The summed E-state index contributed by atoms with van der Waals surface area (Å²) >= 11 is 0. The molecule has 2 aliphatic rings. The first kappa shape index (κ1) is 15.5. The van der Waals surface area contributed by atoms with Gasteiger partial charge in [-0.2, -0.15) is 0 Å². The van der Waals surface area contributed by atoms with Crippen LogP contribution in [0.5, 0.6) is 0 Å². The van der Waals surface area contributed by atoms with Crippen molar-refractivity contribution in [1.82, 2.24) is 15.0 Å². The molecule has 2 saturated heterocycles. The number of ether oxygens (including phenoxy) is 1. The van der Waals surface area contributed by atoms with E-state index in [1.165, 1.54) is 6.42 Å². The number of piperidine rings is 1. The zero-order valence-corrected chi connectivity index (χ0v) is 13.5. The standard InChI is InChI=1S/C16H25N3O3/c1-12-15(13(2)22-17-12)10-16(20)19-5-3-4-14(11-19)18-6-8-21-9-7-18/h14H,3-11H2,1-2H3/t14-/m0/s1. The molecular weight excluding hydrogens is 282 g/mol. The lowest BCUT2D eigenvalue weighted by molar-refractivity contribution is -0.133. The van der Waals surface area contributed by atoms with Crippen molar-refractivity contribution >= 4 is 5.91 Å². The van der Waals surface area contributed by atoms with Crippen LogP contribution >= 0.6 is 0 Å². The minimum Gasteiger partial charge on any atom is -0.379 e. The quantitative estimate of drug-likeness (QED) is 0.838. The lowest BCUT2D eigenvalue weighted by Crippen LogP contribution is -2.53. The van der Waals surface area contributed by atoms with Crippen LogP contribution in [0.25, 0.3) is 0 Å². The highest BCUT2D eigenvalue weighted by molar-refractivity contribution is 5.79. The summed E-state index contributed by atoms with van der Waals surface area (Å²) in [5, 5.41) is 3.93. The molecule has 0 bridgehead atoms. The molecule has 22 heavy (non-hydrogen) atoms. The first-order valence-electron chi connectivity index (χ1n) is 8.16. The number of aryl methyl sites for hydroxylation is 2. The SMILES string of the molecule is Cc1noc(C)c1CC(=O)N1CCC[C@H](N2CCOCC2)C1. The van der Waals surface area contributed by atoms with Crippen LogP contribution in [0.4, 0.5) is 0 Å². The van der Waals surface area contributed by atoms with Crippen molar-refractivity contribution in [2.45, 2.75) is 39.2 Å². The Bertz CT molecular complexity index is 503. The molecule has 2 aliphatic heterocycles. The average Bonchev–Trinajstić information content (AvgIpc) is 2.88. The number of nitrogens with zero attached hydrogens (tertiary/aromatic N) is 3. The minimum absolute atomic E-state index is 0.187. The molecule has 0 aliphatic carbocycles. The highest BCUT2D eigenvalue weighted by atomic mass is 16.5. The van der Waals surface area contributed by atoms with Gasteiger partial charge in [-0.05, 0) is 26.7 Å². The van der Waals surface area contributed by atoms with Crippen LogP contribution in [0, 0.1) is 13.8 Å². The molecule has 0 spiro atoms. The number of rotatable bonds is 3. The largest absolute Gasteiger partial charge is 0.379 e. The van der Waals surface area contributed by atoms with E-state index in [9.17, 15) is 4.79 Å². The number of morpholine rings is 1. The number of aromatic nitrogens is 1. The molecule has 122 valence electrons. The van der Waals surface area contributed by atoms with E-state index in [0.717, 1.165) is 62.8 Å². The van der Waals surface area contributed by atoms with Crippen LogP contribution in [-0.4, -0.2) is 66.3 Å². The zero-order valence-electron chi connectivity index (χ0n) is 13.5. The summed E-state index contributed by atoms with van der Waals surface area (Å²) in [6, 6.07) is 0.478. The molecule has 3 heterocycles. The van der Waals surface area contributed by atoms with Crippen LogP contribution < -0.4 is 0 Å². The van der Waals surface area contributed by atoms with Crippen LogP contribution in [0.2, 0.25) is 0 Å². The second-order valence-electron chi connectivity index (χ2n) is 6.26. The van der Waals surface area contributed by atoms with Gasteiger partial charge in [-0.25, -0.2) is 0 Å². The first-order valence-corrected chi connectivity index (χ1v) is 8.16. The lowest BCUT2D eigenvalue weighted by Gasteiger charge is -2.40. The summed E-state index contributed by atoms with van der Waals surface area (Å²) in [5.74, 6) is 0.944. The highest BCUT2D eigenvalue weighted by Crippen LogP contribution is 2.20. The fraction of sp³-hybridized carbons (Fsp3) is 0.750. The van der Waals surface area contributed by atoms with E-state index < -0.39 is 0 Å². The number of hydrogen-bond donors (Lipinski definition) is 0. The summed E-state index contributed by atoms with van der Waals surface area (Å²) in [6.45, 7) is 9.05. The predicted molar refractivity (Wildman–Crippen MR) is 81.7 cm³/mol. The van der Waals surface area contributed by atoms with E-state index >= 15 is 0 Å². The van der Waals surface area contributed by atoms with Gasteiger partial charge in [-0.15, -0.1) is 0 Å². The van der Waals surface area contributed by atoms with Crippen molar-refractivity contribution < 1.29 is 14.1 Å². The number of likely N-dealkylation sites (tertiary alicyclic amines) is 1. The molecule has 1 aromatic heterocycles. The number of hydrogen-bond acceptors (Lipinski definition) is 5. The Morgan fingerprint density at radius 2 is 2.05 bits per heavy atom. The van der Waals surface area contributed by atoms with Gasteiger partial charge < -0.3 is 14.2 Å². The van der Waals surface area contributed by atoms with E-state index in [2.05, 4.69) is 10.1 Å². The van der Waals surface area contributed by atoms with Gasteiger partial charge in [-0.3, -0.25) is 9.69 Å². The fourth-order valence-electron chi connectivity index (χ4n) is 3.44. The van der Waals surface area contributed by atoms with Gasteiger partial charge in [0.1, 0.15) is 5.76 Å². The predicted octanol–water partition coefficient (Wildman–Crippen LogP) is 1.16. The second-order valence-corrected chi connectivity index (χ2v) is 6.26. The smallest absolute Gasteiger partial charge is 0.227 e. The normalized spacial score (nSPS) is 23.7. The van der Waals surface area contributed by atoms with E-state index in [1.807, 2.05) is 18.7 Å². The maximum Gasteiger partial charge on any atom is 0.227 e. The first-order chi connectivity index (χ1) is 10.6. The van der Waals surface area contributed by atoms with Gasteiger partial charge in [0.25, 0.3) is 0 Å². The molecule has 0 unspecified atom stereocenters. The maximum atomic E-state index is 12.6. The number of amides is 1. The van der Waals surface area contributed by atoms with Gasteiger partial charge in [0, 0.05) is 37.8 Å².